The minimum atomic E-state index is 0.329. The van der Waals surface area contributed by atoms with Crippen molar-refractivity contribution < 1.29 is 4.57 Å². The lowest BCUT2D eigenvalue weighted by Gasteiger charge is -2.29. The Hall–Kier alpha value is -0.850. The molecule has 300 valence electrons. The van der Waals surface area contributed by atoms with E-state index in [-0.39, 0.29) is 0 Å². The zero-order valence-corrected chi connectivity index (χ0v) is 35.8. The Morgan fingerprint density at radius 2 is 0.451 bits per heavy atom. The molecule has 1 rings (SSSR count). The maximum absolute atomic E-state index is 2.69. The first-order valence-electron chi connectivity index (χ1n) is 24.3. The third-order valence-electron chi connectivity index (χ3n) is 12.3. The summed E-state index contributed by atoms with van der Waals surface area (Å²) in [5.41, 5.74) is 0.329. The number of unbranched alkanes of at least 4 members (excludes halogenated alkanes) is 35. The van der Waals surface area contributed by atoms with Gasteiger partial charge in [0, 0.05) is 31.4 Å². The molecule has 1 aromatic rings. The molecule has 0 atom stereocenters. The third-order valence-corrected chi connectivity index (χ3v) is 12.3. The maximum Gasteiger partial charge on any atom is 0.169 e. The van der Waals surface area contributed by atoms with Gasteiger partial charge in [0.25, 0.3) is 0 Å². The predicted molar refractivity (Wildman–Crippen MR) is 231 cm³/mol. The van der Waals surface area contributed by atoms with Crippen molar-refractivity contribution in [2.45, 2.75) is 290 Å². The Morgan fingerprint density at radius 3 is 0.667 bits per heavy atom. The van der Waals surface area contributed by atoms with Crippen molar-refractivity contribution in [2.75, 3.05) is 0 Å². The minimum absolute atomic E-state index is 0.329. The smallest absolute Gasteiger partial charge is 0.169 e. The number of hydrogen-bond donors (Lipinski definition) is 0. The largest absolute Gasteiger partial charge is 0.200 e. The first kappa shape index (κ1) is 48.2. The van der Waals surface area contributed by atoms with Crippen LogP contribution in [0.1, 0.15) is 284 Å². The van der Waals surface area contributed by atoms with Crippen LogP contribution in [0.25, 0.3) is 0 Å². The summed E-state index contributed by atoms with van der Waals surface area (Å²) >= 11 is 0. The predicted octanol–water partition coefficient (Wildman–Crippen LogP) is 17.7. The lowest BCUT2D eigenvalue weighted by atomic mass is 9.81. The fourth-order valence-corrected chi connectivity index (χ4v) is 8.72. The molecule has 51 heavy (non-hydrogen) atoms. The highest BCUT2D eigenvalue weighted by Gasteiger charge is 2.37. The van der Waals surface area contributed by atoms with Crippen LogP contribution in [0.2, 0.25) is 0 Å². The van der Waals surface area contributed by atoms with E-state index < -0.39 is 0 Å². The van der Waals surface area contributed by atoms with Crippen molar-refractivity contribution in [3.63, 3.8) is 0 Å². The molecule has 1 aromatic heterocycles. The molecule has 0 N–H and O–H groups in total. The molecule has 0 bridgehead atoms. The van der Waals surface area contributed by atoms with Gasteiger partial charge in [-0.05, 0) is 19.3 Å². The van der Waals surface area contributed by atoms with Crippen molar-refractivity contribution in [3.05, 3.63) is 30.6 Å². The summed E-state index contributed by atoms with van der Waals surface area (Å²) in [6.45, 7) is 6.96. The highest BCUT2D eigenvalue weighted by atomic mass is 15.0. The van der Waals surface area contributed by atoms with Crippen LogP contribution in [0.5, 0.6) is 0 Å². The van der Waals surface area contributed by atoms with E-state index in [0.29, 0.717) is 5.54 Å². The fraction of sp³-hybridized carbons (Fsp3) is 0.900. The van der Waals surface area contributed by atoms with Crippen LogP contribution < -0.4 is 4.57 Å². The summed E-state index contributed by atoms with van der Waals surface area (Å²) in [6, 6.07) is 6.82. The van der Waals surface area contributed by atoms with Crippen molar-refractivity contribution in [2.24, 2.45) is 0 Å². The van der Waals surface area contributed by atoms with E-state index in [1.54, 1.807) is 0 Å². The molecule has 0 unspecified atom stereocenters. The second kappa shape index (κ2) is 38.9. The van der Waals surface area contributed by atoms with E-state index in [2.05, 4.69) is 55.9 Å². The van der Waals surface area contributed by atoms with E-state index in [0.717, 1.165) is 0 Å². The van der Waals surface area contributed by atoms with Gasteiger partial charge in [0.15, 0.2) is 17.9 Å². The quantitative estimate of drug-likeness (QED) is 0.0470. The molecule has 0 spiro atoms. The summed E-state index contributed by atoms with van der Waals surface area (Å²) in [6.07, 6.45) is 64.0. The number of hydrogen-bond acceptors (Lipinski definition) is 0. The Morgan fingerprint density at radius 1 is 0.255 bits per heavy atom. The summed E-state index contributed by atoms with van der Waals surface area (Å²) in [5, 5.41) is 0. The number of pyridine rings is 1. The summed E-state index contributed by atoms with van der Waals surface area (Å²) in [7, 11) is 0. The van der Waals surface area contributed by atoms with Gasteiger partial charge in [-0.3, -0.25) is 0 Å². The number of rotatable bonds is 42. The average molecular weight is 711 g/mol. The van der Waals surface area contributed by atoms with Crippen molar-refractivity contribution >= 4 is 0 Å². The molecule has 0 saturated heterocycles. The van der Waals surface area contributed by atoms with Crippen molar-refractivity contribution in [1.29, 1.82) is 0 Å². The molecule has 1 nitrogen and oxygen atoms in total. The van der Waals surface area contributed by atoms with Crippen LogP contribution in [0.15, 0.2) is 30.6 Å². The third kappa shape index (κ3) is 30.2. The summed E-state index contributed by atoms with van der Waals surface area (Å²) < 4.78 is 2.69. The van der Waals surface area contributed by atoms with E-state index in [1.807, 2.05) is 0 Å². The Bertz CT molecular complexity index is 743. The van der Waals surface area contributed by atoms with Gasteiger partial charge in [-0.2, -0.15) is 4.57 Å². The second-order valence-electron chi connectivity index (χ2n) is 17.1. The molecule has 0 aromatic carbocycles. The Kier molecular flexibility index (Phi) is 36.7. The molecule has 0 aliphatic carbocycles. The highest BCUT2D eigenvalue weighted by Crippen LogP contribution is 2.32. The minimum Gasteiger partial charge on any atom is -0.200 e. The van der Waals surface area contributed by atoms with Gasteiger partial charge in [-0.15, -0.1) is 0 Å². The first-order valence-corrected chi connectivity index (χ1v) is 24.3. The van der Waals surface area contributed by atoms with Gasteiger partial charge in [0.05, 0.1) is 0 Å². The molecule has 1 heterocycles. The molecule has 0 saturated carbocycles. The highest BCUT2D eigenvalue weighted by molar-refractivity contribution is 4.86. The molecular weight excluding hydrogens is 615 g/mol. The summed E-state index contributed by atoms with van der Waals surface area (Å²) in [5.74, 6) is 0. The van der Waals surface area contributed by atoms with Gasteiger partial charge in [0.1, 0.15) is 0 Å². The average Bonchev–Trinajstić information content (AvgIpc) is 3.15. The van der Waals surface area contributed by atoms with Gasteiger partial charge in [-0.25, -0.2) is 0 Å². The van der Waals surface area contributed by atoms with Crippen LogP contribution in [0.3, 0.4) is 0 Å². The van der Waals surface area contributed by atoms with Gasteiger partial charge >= 0.3 is 0 Å². The van der Waals surface area contributed by atoms with Gasteiger partial charge in [-0.1, -0.05) is 252 Å². The van der Waals surface area contributed by atoms with Gasteiger partial charge in [0.2, 0.25) is 0 Å². The van der Waals surface area contributed by atoms with Crippen molar-refractivity contribution in [3.8, 4) is 0 Å². The first-order chi connectivity index (χ1) is 25.3. The normalized spacial score (nSPS) is 11.9. The van der Waals surface area contributed by atoms with Gasteiger partial charge < -0.3 is 0 Å². The zero-order chi connectivity index (χ0) is 36.6. The maximum atomic E-state index is 2.69. The second-order valence-corrected chi connectivity index (χ2v) is 17.1. The van der Waals surface area contributed by atoms with E-state index in [1.165, 1.54) is 263 Å². The Labute approximate surface area is 323 Å². The molecule has 0 amide bonds. The van der Waals surface area contributed by atoms with Crippen LogP contribution in [0.4, 0.5) is 0 Å². The monoisotopic (exact) mass is 711 g/mol. The lowest BCUT2D eigenvalue weighted by molar-refractivity contribution is -0.768. The topological polar surface area (TPSA) is 3.88 Å². The van der Waals surface area contributed by atoms with E-state index in [9.17, 15) is 0 Å². The molecule has 0 aliphatic rings. The number of nitrogens with zero attached hydrogens (tertiary/aromatic N) is 1. The molecule has 1 heteroatoms. The van der Waals surface area contributed by atoms with Crippen LogP contribution >= 0.6 is 0 Å². The van der Waals surface area contributed by atoms with Crippen LogP contribution in [-0.4, -0.2) is 0 Å². The Balaban J connectivity index is 2.48. The zero-order valence-electron chi connectivity index (χ0n) is 35.8. The molecule has 0 fully saturated rings. The SMILES string of the molecule is CCCCCCCCCCCCCCCCC(CCCCCCCCCCCCCC)(CCCCCCCCCCCCCC)[n+]1ccccc1. The molecule has 0 radical (unpaired) electrons. The van der Waals surface area contributed by atoms with Crippen molar-refractivity contribution in [1.82, 2.24) is 0 Å². The van der Waals surface area contributed by atoms with Crippen LogP contribution in [-0.2, 0) is 5.54 Å². The molecular formula is C50H96N+. The van der Waals surface area contributed by atoms with E-state index >= 15 is 0 Å². The summed E-state index contributed by atoms with van der Waals surface area (Å²) in [4.78, 5) is 0. The van der Waals surface area contributed by atoms with Crippen LogP contribution in [0, 0.1) is 0 Å². The standard InChI is InChI=1S/C50H96N/c1-4-7-10-13-16-19-22-25-26-29-32-35-38-42-47-50(51-48-43-39-44-49-51,45-40-36-33-30-27-23-20-17-14-11-8-5-2)46-41-37-34-31-28-24-21-18-15-12-9-6-3/h39,43-44,48-49H,4-38,40-42,45-47H2,1-3H3/q+1. The van der Waals surface area contributed by atoms with E-state index in [4.69, 9.17) is 0 Å². The fourth-order valence-electron chi connectivity index (χ4n) is 8.72. The molecule has 0 aliphatic heterocycles. The number of aromatic nitrogens is 1. The lowest BCUT2D eigenvalue weighted by Crippen LogP contribution is -2.55.